The molecule has 6 unspecified atom stereocenters. The number of aliphatic hydroxyl groups is 1. The van der Waals surface area contributed by atoms with Crippen LogP contribution in [0.25, 0.3) is 0 Å². The van der Waals surface area contributed by atoms with Gasteiger partial charge in [-0.25, -0.2) is 0 Å². The molecule has 6 atom stereocenters. The third kappa shape index (κ3) is 3.21. The van der Waals surface area contributed by atoms with Crippen molar-refractivity contribution in [1.82, 2.24) is 0 Å². The van der Waals surface area contributed by atoms with Crippen LogP contribution in [0.3, 0.4) is 0 Å². The monoisotopic (exact) mass is 320 g/mol. The van der Waals surface area contributed by atoms with E-state index in [1.165, 1.54) is 57.8 Å². The fourth-order valence-electron chi connectivity index (χ4n) is 6.18. The van der Waals surface area contributed by atoms with Gasteiger partial charge in [-0.2, -0.15) is 0 Å². The van der Waals surface area contributed by atoms with Crippen molar-refractivity contribution in [2.75, 3.05) is 0 Å². The molecule has 130 valence electrons. The van der Waals surface area contributed by atoms with E-state index in [0.717, 1.165) is 36.5 Å². The highest BCUT2D eigenvalue weighted by Gasteiger charge is 2.50. The molecule has 2 heterocycles. The molecule has 0 bridgehead atoms. The van der Waals surface area contributed by atoms with Gasteiger partial charge >= 0.3 is 0 Å². The maximum Gasteiger partial charge on any atom is 0.0844 e. The summed E-state index contributed by atoms with van der Waals surface area (Å²) in [6.07, 6.45) is 16.5. The number of epoxide rings is 2. The molecule has 0 aromatic rings. The Morgan fingerprint density at radius 2 is 1.26 bits per heavy atom. The Kier molecular flexibility index (Phi) is 3.95. The fraction of sp³-hybridized carbons (Fsp3) is 1.00. The summed E-state index contributed by atoms with van der Waals surface area (Å²) in [6.45, 7) is 0. The molecule has 23 heavy (non-hydrogen) atoms. The zero-order valence-corrected chi connectivity index (χ0v) is 14.2. The summed E-state index contributed by atoms with van der Waals surface area (Å²) in [5, 5.41) is 9.81. The highest BCUT2D eigenvalue weighted by Crippen LogP contribution is 2.51. The molecule has 3 aliphatic carbocycles. The molecule has 1 N–H and O–H groups in total. The Morgan fingerprint density at radius 1 is 0.696 bits per heavy atom. The van der Waals surface area contributed by atoms with Crippen molar-refractivity contribution >= 4 is 0 Å². The first-order valence-electron chi connectivity index (χ1n) is 10.2. The van der Waals surface area contributed by atoms with Gasteiger partial charge in [0.1, 0.15) is 0 Å². The average Bonchev–Trinajstić information content (AvgIpc) is 3.46. The molecule has 2 saturated heterocycles. The minimum Gasteiger partial charge on any atom is -0.393 e. The van der Waals surface area contributed by atoms with Crippen LogP contribution in [-0.4, -0.2) is 35.6 Å². The zero-order valence-electron chi connectivity index (χ0n) is 14.2. The van der Waals surface area contributed by atoms with E-state index in [9.17, 15) is 5.11 Å². The first kappa shape index (κ1) is 15.2. The summed E-state index contributed by atoms with van der Waals surface area (Å²) in [5.74, 6) is 3.54. The Hall–Kier alpha value is -0.120. The normalized spacial score (nSPS) is 53.1. The van der Waals surface area contributed by atoms with E-state index in [0.29, 0.717) is 24.4 Å². The molecule has 0 aromatic carbocycles. The standard InChI is InChI=1S/C20H32O3/c21-15-5-1-12(2-6-15)9-16(13-3-7-17-19(10-13)22-17)14-4-8-18-20(11-14)23-18/h12-21H,1-11H2. The summed E-state index contributed by atoms with van der Waals surface area (Å²) < 4.78 is 11.6. The molecular weight excluding hydrogens is 288 g/mol. The fourth-order valence-corrected chi connectivity index (χ4v) is 6.18. The van der Waals surface area contributed by atoms with Gasteiger partial charge in [0.15, 0.2) is 0 Å². The van der Waals surface area contributed by atoms with E-state index in [4.69, 9.17) is 9.47 Å². The summed E-state index contributed by atoms with van der Waals surface area (Å²) >= 11 is 0. The van der Waals surface area contributed by atoms with Crippen LogP contribution in [0.4, 0.5) is 0 Å². The topological polar surface area (TPSA) is 45.3 Å². The average molecular weight is 320 g/mol. The molecule has 0 spiro atoms. The maximum absolute atomic E-state index is 9.81. The Morgan fingerprint density at radius 3 is 1.78 bits per heavy atom. The van der Waals surface area contributed by atoms with Crippen LogP contribution < -0.4 is 0 Å². The lowest BCUT2D eigenvalue weighted by atomic mass is 9.65. The van der Waals surface area contributed by atoms with Crippen molar-refractivity contribution in [2.45, 2.75) is 101 Å². The SMILES string of the molecule is OC1CCC(CC(C2CCC3OC3C2)C2CCC3OC3C2)CC1. The second kappa shape index (κ2) is 6.00. The van der Waals surface area contributed by atoms with Crippen molar-refractivity contribution in [2.24, 2.45) is 23.7 Å². The third-order valence-electron chi connectivity index (χ3n) is 7.72. The molecule has 3 heteroatoms. The summed E-state index contributed by atoms with van der Waals surface area (Å²) in [4.78, 5) is 0. The number of rotatable bonds is 4. The number of aliphatic hydroxyl groups excluding tert-OH is 1. The highest BCUT2D eigenvalue weighted by molar-refractivity contribution is 4.99. The molecular formula is C20H32O3. The van der Waals surface area contributed by atoms with Crippen molar-refractivity contribution in [3.63, 3.8) is 0 Å². The molecule has 3 nitrogen and oxygen atoms in total. The van der Waals surface area contributed by atoms with Gasteiger partial charge in [-0.05, 0) is 94.3 Å². The lowest BCUT2D eigenvalue weighted by Crippen LogP contribution is -2.33. The maximum atomic E-state index is 9.81. The van der Waals surface area contributed by atoms with E-state index >= 15 is 0 Å². The van der Waals surface area contributed by atoms with Gasteiger partial charge in [0.25, 0.3) is 0 Å². The van der Waals surface area contributed by atoms with Crippen molar-refractivity contribution in [3.8, 4) is 0 Å². The highest BCUT2D eigenvalue weighted by atomic mass is 16.6. The Bertz CT molecular complexity index is 403. The molecule has 3 saturated carbocycles. The smallest absolute Gasteiger partial charge is 0.0844 e. The molecule has 5 fully saturated rings. The van der Waals surface area contributed by atoms with Crippen LogP contribution in [0.15, 0.2) is 0 Å². The van der Waals surface area contributed by atoms with E-state index in [1.807, 2.05) is 0 Å². The van der Waals surface area contributed by atoms with E-state index in [1.54, 1.807) is 0 Å². The van der Waals surface area contributed by atoms with Gasteiger partial charge in [0.05, 0.1) is 30.5 Å². The molecule has 2 aliphatic heterocycles. The van der Waals surface area contributed by atoms with Crippen LogP contribution in [0.1, 0.15) is 70.6 Å². The van der Waals surface area contributed by atoms with Crippen molar-refractivity contribution in [3.05, 3.63) is 0 Å². The third-order valence-corrected chi connectivity index (χ3v) is 7.72. The lowest BCUT2D eigenvalue weighted by molar-refractivity contribution is 0.0763. The van der Waals surface area contributed by atoms with Gasteiger partial charge in [-0.15, -0.1) is 0 Å². The van der Waals surface area contributed by atoms with E-state index in [-0.39, 0.29) is 6.10 Å². The van der Waals surface area contributed by atoms with Crippen LogP contribution in [-0.2, 0) is 9.47 Å². The summed E-state index contributed by atoms with van der Waals surface area (Å²) in [7, 11) is 0. The predicted octanol–water partition coefficient (Wildman–Crippen LogP) is 3.68. The minimum absolute atomic E-state index is 0.0182. The second-order valence-electron chi connectivity index (χ2n) is 9.15. The van der Waals surface area contributed by atoms with Crippen LogP contribution >= 0.6 is 0 Å². The van der Waals surface area contributed by atoms with Crippen molar-refractivity contribution in [1.29, 1.82) is 0 Å². The second-order valence-corrected chi connectivity index (χ2v) is 9.15. The summed E-state index contributed by atoms with van der Waals surface area (Å²) in [5.41, 5.74) is 0. The van der Waals surface area contributed by atoms with E-state index < -0.39 is 0 Å². The number of fused-ring (bicyclic) bond motifs is 2. The first-order chi connectivity index (χ1) is 11.3. The summed E-state index contributed by atoms with van der Waals surface area (Å²) in [6, 6.07) is 0. The lowest BCUT2D eigenvalue weighted by Gasteiger charge is -2.39. The molecule has 5 rings (SSSR count). The minimum atomic E-state index is -0.0182. The Labute approximate surface area is 140 Å². The van der Waals surface area contributed by atoms with Crippen LogP contribution in [0.5, 0.6) is 0 Å². The predicted molar refractivity (Wildman–Crippen MR) is 88.1 cm³/mol. The number of ether oxygens (including phenoxy) is 2. The molecule has 5 aliphatic rings. The van der Waals surface area contributed by atoms with Crippen LogP contribution in [0, 0.1) is 23.7 Å². The number of hydrogen-bond donors (Lipinski definition) is 1. The van der Waals surface area contributed by atoms with Crippen LogP contribution in [0.2, 0.25) is 0 Å². The first-order valence-corrected chi connectivity index (χ1v) is 10.2. The quantitative estimate of drug-likeness (QED) is 0.804. The molecule has 0 aromatic heterocycles. The van der Waals surface area contributed by atoms with Crippen molar-refractivity contribution < 1.29 is 14.6 Å². The zero-order chi connectivity index (χ0) is 15.4. The molecule has 0 radical (unpaired) electrons. The molecule has 0 amide bonds. The van der Waals surface area contributed by atoms with E-state index in [2.05, 4.69) is 0 Å². The van der Waals surface area contributed by atoms with Gasteiger partial charge in [0, 0.05) is 0 Å². The Balaban J connectivity index is 1.26. The number of hydrogen-bond acceptors (Lipinski definition) is 3. The van der Waals surface area contributed by atoms with Gasteiger partial charge in [0.2, 0.25) is 0 Å². The van der Waals surface area contributed by atoms with Gasteiger partial charge in [-0.1, -0.05) is 0 Å². The van der Waals surface area contributed by atoms with Gasteiger partial charge in [-0.3, -0.25) is 0 Å². The largest absolute Gasteiger partial charge is 0.393 e. The van der Waals surface area contributed by atoms with Gasteiger partial charge < -0.3 is 14.6 Å².